The number of nitrogens with zero attached hydrogens (tertiary/aromatic N) is 2. The van der Waals surface area contributed by atoms with Gasteiger partial charge in [0, 0.05) is 10.3 Å². The highest BCUT2D eigenvalue weighted by Crippen LogP contribution is 2.38. The predicted molar refractivity (Wildman–Crippen MR) is 116 cm³/mol. The molecule has 0 radical (unpaired) electrons. The molecule has 1 aliphatic heterocycles. The molecule has 31 heavy (non-hydrogen) atoms. The highest BCUT2D eigenvalue weighted by atomic mass is 32.2. The van der Waals surface area contributed by atoms with E-state index in [1.165, 1.54) is 4.68 Å². The summed E-state index contributed by atoms with van der Waals surface area (Å²) < 4.78 is 30.5. The van der Waals surface area contributed by atoms with Crippen LogP contribution in [-0.4, -0.2) is 42.4 Å². The monoisotopic (exact) mass is 461 g/mol. The minimum absolute atomic E-state index is 0.0518. The van der Waals surface area contributed by atoms with E-state index in [4.69, 9.17) is 4.74 Å². The fraction of sp³-hybridized carbons (Fsp3) is 0.300. The standard InChI is InChI=1S/C20H19N3O6S2/c1-2-29-20(26)18-13-7-8-31(27,28)11-16(13)30-19(18)22-17(25)10-23-14-6-4-3-5-12(14)15(24)9-21-23/h3-6,9H,2,7-8,10-11H2,1H3,(H,22,25). The number of benzene rings is 1. The SMILES string of the molecule is CCOC(=O)c1c(NC(=O)Cn2ncc(=O)c3ccccc32)sc2c1CCS(=O)(=O)C2. The number of hydrogen-bond donors (Lipinski definition) is 1. The summed E-state index contributed by atoms with van der Waals surface area (Å²) in [6, 6.07) is 6.81. The van der Waals surface area contributed by atoms with Crippen LogP contribution in [0.5, 0.6) is 0 Å². The van der Waals surface area contributed by atoms with Crippen LogP contribution in [0.1, 0.15) is 27.7 Å². The number of carbonyl (C=O) groups is 2. The number of sulfone groups is 1. The second kappa shape index (κ2) is 8.23. The largest absolute Gasteiger partial charge is 0.462 e. The average Bonchev–Trinajstić information content (AvgIpc) is 3.06. The summed E-state index contributed by atoms with van der Waals surface area (Å²) in [6.07, 6.45) is 1.35. The first-order valence-corrected chi connectivity index (χ1v) is 12.2. The van der Waals surface area contributed by atoms with Crippen molar-refractivity contribution in [3.05, 3.63) is 56.7 Å². The number of rotatable bonds is 5. The molecule has 0 saturated carbocycles. The Morgan fingerprint density at radius 1 is 1.29 bits per heavy atom. The third kappa shape index (κ3) is 4.23. The number of hydrogen-bond acceptors (Lipinski definition) is 8. The van der Waals surface area contributed by atoms with Crippen molar-refractivity contribution in [1.29, 1.82) is 0 Å². The molecule has 0 saturated heterocycles. The van der Waals surface area contributed by atoms with Gasteiger partial charge in [0.15, 0.2) is 9.84 Å². The summed E-state index contributed by atoms with van der Waals surface area (Å²) in [6.45, 7) is 1.64. The zero-order valence-electron chi connectivity index (χ0n) is 16.6. The molecule has 1 aromatic carbocycles. The number of thiophene rings is 1. The molecule has 11 heteroatoms. The first kappa shape index (κ1) is 21.2. The number of para-hydroxylation sites is 1. The van der Waals surface area contributed by atoms with Crippen molar-refractivity contribution in [1.82, 2.24) is 9.78 Å². The molecule has 3 heterocycles. The smallest absolute Gasteiger partial charge is 0.341 e. The van der Waals surface area contributed by atoms with E-state index < -0.39 is 21.7 Å². The fourth-order valence-electron chi connectivity index (χ4n) is 3.52. The van der Waals surface area contributed by atoms with Gasteiger partial charge in [0.25, 0.3) is 0 Å². The second-order valence-corrected chi connectivity index (χ2v) is 10.3. The molecule has 1 aliphatic rings. The molecule has 3 aromatic rings. The van der Waals surface area contributed by atoms with Crippen LogP contribution >= 0.6 is 11.3 Å². The Balaban J connectivity index is 1.66. The van der Waals surface area contributed by atoms with E-state index in [2.05, 4.69) is 10.4 Å². The first-order valence-electron chi connectivity index (χ1n) is 9.56. The molecule has 0 spiro atoms. The normalized spacial score (nSPS) is 14.7. The minimum Gasteiger partial charge on any atom is -0.462 e. The van der Waals surface area contributed by atoms with Crippen LogP contribution in [-0.2, 0) is 38.1 Å². The van der Waals surface area contributed by atoms with E-state index >= 15 is 0 Å². The van der Waals surface area contributed by atoms with Crippen LogP contribution in [0, 0.1) is 0 Å². The minimum atomic E-state index is -3.24. The van der Waals surface area contributed by atoms with E-state index in [0.717, 1.165) is 17.5 Å². The summed E-state index contributed by atoms with van der Waals surface area (Å²) in [5.74, 6) is -1.28. The Bertz CT molecular complexity index is 1360. The Labute approximate surface area is 181 Å². The van der Waals surface area contributed by atoms with E-state index in [-0.39, 0.29) is 47.1 Å². The van der Waals surface area contributed by atoms with Crippen molar-refractivity contribution in [2.75, 3.05) is 17.7 Å². The Morgan fingerprint density at radius 3 is 2.84 bits per heavy atom. The van der Waals surface area contributed by atoms with Crippen LogP contribution in [0.25, 0.3) is 10.9 Å². The van der Waals surface area contributed by atoms with Crippen LogP contribution in [0.15, 0.2) is 35.3 Å². The van der Waals surface area contributed by atoms with Gasteiger partial charge in [0.05, 0.1) is 35.4 Å². The molecule has 4 rings (SSSR count). The summed E-state index contributed by atoms with van der Waals surface area (Å²) in [5.41, 5.74) is 1.08. The number of aromatic nitrogens is 2. The van der Waals surface area contributed by atoms with Crippen molar-refractivity contribution in [3.63, 3.8) is 0 Å². The first-order chi connectivity index (χ1) is 14.8. The molecule has 9 nitrogen and oxygen atoms in total. The van der Waals surface area contributed by atoms with Crippen molar-refractivity contribution >= 4 is 49.0 Å². The summed E-state index contributed by atoms with van der Waals surface area (Å²) in [7, 11) is -3.24. The number of fused-ring (bicyclic) bond motifs is 2. The predicted octanol–water partition coefficient (Wildman–Crippen LogP) is 1.74. The number of ether oxygens (including phenoxy) is 1. The van der Waals surface area contributed by atoms with Crippen molar-refractivity contribution < 1.29 is 22.7 Å². The van der Waals surface area contributed by atoms with Crippen molar-refractivity contribution in [3.8, 4) is 0 Å². The third-order valence-corrected chi connectivity index (χ3v) is 7.78. The number of amides is 1. The topological polar surface area (TPSA) is 124 Å². The average molecular weight is 462 g/mol. The maximum Gasteiger partial charge on any atom is 0.341 e. The quantitative estimate of drug-likeness (QED) is 0.574. The molecular formula is C20H19N3O6S2. The lowest BCUT2D eigenvalue weighted by atomic mass is 10.1. The van der Waals surface area contributed by atoms with Crippen LogP contribution in [0.4, 0.5) is 5.00 Å². The van der Waals surface area contributed by atoms with Crippen molar-refractivity contribution in [2.45, 2.75) is 25.6 Å². The van der Waals surface area contributed by atoms with Crippen molar-refractivity contribution in [2.24, 2.45) is 0 Å². The zero-order chi connectivity index (χ0) is 22.2. The molecule has 2 aromatic heterocycles. The molecule has 0 atom stereocenters. The lowest BCUT2D eigenvalue weighted by Crippen LogP contribution is -2.23. The zero-order valence-corrected chi connectivity index (χ0v) is 18.2. The maximum atomic E-state index is 12.8. The van der Waals surface area contributed by atoms with Gasteiger partial charge < -0.3 is 10.1 Å². The molecule has 0 fully saturated rings. The van der Waals surface area contributed by atoms with Crippen LogP contribution in [0.3, 0.4) is 0 Å². The summed E-state index contributed by atoms with van der Waals surface area (Å²) in [5, 5.41) is 7.44. The van der Waals surface area contributed by atoms with Crippen LogP contribution < -0.4 is 10.7 Å². The number of carbonyl (C=O) groups excluding carboxylic acids is 2. The Kier molecular flexibility index (Phi) is 5.63. The lowest BCUT2D eigenvalue weighted by molar-refractivity contribution is -0.116. The summed E-state index contributed by atoms with van der Waals surface area (Å²) >= 11 is 1.07. The lowest BCUT2D eigenvalue weighted by Gasteiger charge is -2.13. The maximum absolute atomic E-state index is 12.8. The van der Waals surface area contributed by atoms with E-state index in [9.17, 15) is 22.8 Å². The second-order valence-electron chi connectivity index (χ2n) is 7.00. The van der Waals surface area contributed by atoms with Gasteiger partial charge in [0.1, 0.15) is 11.5 Å². The molecular weight excluding hydrogens is 442 g/mol. The molecule has 0 unspecified atom stereocenters. The molecule has 0 bridgehead atoms. The highest BCUT2D eigenvalue weighted by molar-refractivity contribution is 7.90. The Hall–Kier alpha value is -3.05. The Morgan fingerprint density at radius 2 is 2.06 bits per heavy atom. The van der Waals surface area contributed by atoms with Gasteiger partial charge >= 0.3 is 5.97 Å². The molecule has 1 amide bonds. The fourth-order valence-corrected chi connectivity index (χ4v) is 6.57. The van der Waals surface area contributed by atoms with Gasteiger partial charge in [-0.2, -0.15) is 5.10 Å². The third-order valence-electron chi connectivity index (χ3n) is 4.89. The van der Waals surface area contributed by atoms with Gasteiger partial charge in [-0.15, -0.1) is 11.3 Å². The van der Waals surface area contributed by atoms with E-state index in [1.807, 2.05) is 0 Å². The van der Waals surface area contributed by atoms with Gasteiger partial charge in [-0.1, -0.05) is 12.1 Å². The number of esters is 1. The highest BCUT2D eigenvalue weighted by Gasteiger charge is 2.32. The van der Waals surface area contributed by atoms with Gasteiger partial charge in [0.2, 0.25) is 11.3 Å². The van der Waals surface area contributed by atoms with Gasteiger partial charge in [-0.25, -0.2) is 13.2 Å². The molecule has 0 aliphatic carbocycles. The molecule has 162 valence electrons. The van der Waals surface area contributed by atoms with E-state index in [1.54, 1.807) is 31.2 Å². The molecule has 1 N–H and O–H groups in total. The van der Waals surface area contributed by atoms with E-state index in [0.29, 0.717) is 21.3 Å². The van der Waals surface area contributed by atoms with Gasteiger partial charge in [-0.3, -0.25) is 14.3 Å². The van der Waals surface area contributed by atoms with Gasteiger partial charge in [-0.05, 0) is 31.0 Å². The summed E-state index contributed by atoms with van der Waals surface area (Å²) in [4.78, 5) is 37.8. The number of anilines is 1. The van der Waals surface area contributed by atoms with Crippen LogP contribution in [0.2, 0.25) is 0 Å². The number of nitrogens with one attached hydrogen (secondary N) is 1.